The van der Waals surface area contributed by atoms with Crippen LogP contribution in [0.1, 0.15) is 41.1 Å². The Morgan fingerprint density at radius 3 is 2.62 bits per heavy atom. The average Bonchev–Trinajstić information content (AvgIpc) is 3.29. The lowest BCUT2D eigenvalue weighted by molar-refractivity contribution is -0.159. The van der Waals surface area contributed by atoms with Gasteiger partial charge < -0.3 is 14.2 Å². The van der Waals surface area contributed by atoms with Gasteiger partial charge in [-0.3, -0.25) is 4.98 Å². The molecular formula is C22H21F3N4O3. The molecule has 3 aromatic rings. The first kappa shape index (κ1) is 21.8. The van der Waals surface area contributed by atoms with Gasteiger partial charge in [0.15, 0.2) is 0 Å². The molecule has 0 spiro atoms. The minimum absolute atomic E-state index is 0.141. The summed E-state index contributed by atoms with van der Waals surface area (Å²) in [5.41, 5.74) is 4.35. The Balaban J connectivity index is 1.32. The number of hydrogen-bond acceptors (Lipinski definition) is 6. The summed E-state index contributed by atoms with van der Waals surface area (Å²) in [6.07, 6.45) is 0.871. The second-order valence-corrected chi connectivity index (χ2v) is 7.68. The quantitative estimate of drug-likeness (QED) is 0.560. The minimum atomic E-state index is -4.69. The van der Waals surface area contributed by atoms with Gasteiger partial charge >= 0.3 is 18.2 Å². The summed E-state index contributed by atoms with van der Waals surface area (Å²) in [6.45, 7) is 0.406. The topological polar surface area (TPSA) is 81.4 Å². The molecule has 32 heavy (non-hydrogen) atoms. The van der Waals surface area contributed by atoms with Gasteiger partial charge in [0, 0.05) is 36.6 Å². The number of pyridine rings is 1. The molecule has 1 amide bonds. The van der Waals surface area contributed by atoms with Crippen LogP contribution < -0.4 is 0 Å². The number of amides is 1. The van der Waals surface area contributed by atoms with Gasteiger partial charge in [-0.2, -0.15) is 18.2 Å². The van der Waals surface area contributed by atoms with Crippen molar-refractivity contribution in [3.05, 3.63) is 64.8 Å². The van der Waals surface area contributed by atoms with Crippen LogP contribution in [-0.2, 0) is 36.9 Å². The number of benzene rings is 1. The smallest absolute Gasteiger partial charge is 0.444 e. The fraction of sp³-hybridized carbons (Fsp3) is 0.364. The molecule has 1 aromatic carbocycles. The first-order valence-corrected chi connectivity index (χ1v) is 10.1. The van der Waals surface area contributed by atoms with Crippen molar-refractivity contribution in [2.45, 2.75) is 45.0 Å². The van der Waals surface area contributed by atoms with Gasteiger partial charge in [-0.05, 0) is 42.9 Å². The maximum absolute atomic E-state index is 12.6. The second kappa shape index (κ2) is 8.97. The van der Waals surface area contributed by atoms with E-state index in [1.165, 1.54) is 10.5 Å². The van der Waals surface area contributed by atoms with Crippen LogP contribution in [0.15, 0.2) is 41.1 Å². The Morgan fingerprint density at radius 1 is 1.16 bits per heavy atom. The molecule has 0 radical (unpaired) electrons. The Labute approximate surface area is 182 Å². The summed E-state index contributed by atoms with van der Waals surface area (Å²) in [4.78, 5) is 21.6. The largest absolute Gasteiger partial charge is 0.471 e. The normalized spacial score (nSPS) is 13.5. The third kappa shape index (κ3) is 5.06. The maximum Gasteiger partial charge on any atom is 0.471 e. The molecule has 0 N–H and O–H groups in total. The fourth-order valence-corrected chi connectivity index (χ4v) is 3.53. The third-order valence-corrected chi connectivity index (χ3v) is 5.20. The molecule has 1 aliphatic rings. The van der Waals surface area contributed by atoms with Crippen LogP contribution in [0.4, 0.5) is 18.0 Å². The Morgan fingerprint density at radius 2 is 1.91 bits per heavy atom. The molecular weight excluding hydrogens is 425 g/mol. The first-order valence-electron chi connectivity index (χ1n) is 10.1. The number of aryl methyl sites for hydroxylation is 2. The lowest BCUT2D eigenvalue weighted by Gasteiger charge is -2.18. The molecule has 1 aliphatic carbocycles. The van der Waals surface area contributed by atoms with Crippen LogP contribution >= 0.6 is 0 Å². The van der Waals surface area contributed by atoms with E-state index in [0.29, 0.717) is 5.56 Å². The molecule has 0 aliphatic heterocycles. The predicted octanol–water partition coefficient (Wildman–Crippen LogP) is 4.80. The molecule has 0 fully saturated rings. The second-order valence-electron chi connectivity index (χ2n) is 7.68. The Kier molecular flexibility index (Phi) is 6.11. The predicted molar refractivity (Wildman–Crippen MR) is 107 cm³/mol. The summed E-state index contributed by atoms with van der Waals surface area (Å²) in [7, 11) is 1.61. The molecule has 0 atom stereocenters. The van der Waals surface area contributed by atoms with Crippen molar-refractivity contribution >= 4 is 6.09 Å². The number of halogens is 3. The summed E-state index contributed by atoms with van der Waals surface area (Å²) in [5.74, 6) is -1.55. The highest BCUT2D eigenvalue weighted by atomic mass is 19.4. The van der Waals surface area contributed by atoms with Crippen LogP contribution in [0, 0.1) is 0 Å². The number of ether oxygens (including phenoxy) is 1. The summed E-state index contributed by atoms with van der Waals surface area (Å²) < 4.78 is 47.4. The van der Waals surface area contributed by atoms with Gasteiger partial charge in [0.2, 0.25) is 5.82 Å². The van der Waals surface area contributed by atoms with Crippen molar-refractivity contribution in [3.63, 3.8) is 0 Å². The molecule has 0 saturated carbocycles. The van der Waals surface area contributed by atoms with Crippen LogP contribution in [0.25, 0.3) is 11.4 Å². The van der Waals surface area contributed by atoms with Crippen LogP contribution in [-0.4, -0.2) is 33.2 Å². The third-order valence-electron chi connectivity index (χ3n) is 5.20. The van der Waals surface area contributed by atoms with Crippen LogP contribution in [0.2, 0.25) is 0 Å². The zero-order valence-electron chi connectivity index (χ0n) is 17.4. The monoisotopic (exact) mass is 446 g/mol. The van der Waals surface area contributed by atoms with Gasteiger partial charge in [0.05, 0.1) is 0 Å². The molecule has 10 heteroatoms. The number of carbonyl (C=O) groups is 1. The number of alkyl halides is 3. The van der Waals surface area contributed by atoms with Gasteiger partial charge in [-0.15, -0.1) is 0 Å². The van der Waals surface area contributed by atoms with Crippen molar-refractivity contribution in [2.75, 3.05) is 7.05 Å². The van der Waals surface area contributed by atoms with Crippen LogP contribution in [0.5, 0.6) is 0 Å². The first-order chi connectivity index (χ1) is 15.3. The van der Waals surface area contributed by atoms with Crippen molar-refractivity contribution in [3.8, 4) is 11.4 Å². The fourth-order valence-electron chi connectivity index (χ4n) is 3.53. The van der Waals surface area contributed by atoms with E-state index in [9.17, 15) is 18.0 Å². The zero-order valence-corrected chi connectivity index (χ0v) is 17.4. The SMILES string of the molecule is CN(Cc1ccc(-c2noc(C(F)(F)F)n2)cc1)C(=O)OCc1cnc2c(c1)CCCC2. The summed E-state index contributed by atoms with van der Waals surface area (Å²) >= 11 is 0. The number of aromatic nitrogens is 3. The van der Waals surface area contributed by atoms with Crippen molar-refractivity contribution in [2.24, 2.45) is 0 Å². The van der Waals surface area contributed by atoms with E-state index in [2.05, 4.69) is 25.7 Å². The van der Waals surface area contributed by atoms with Gasteiger partial charge in [-0.1, -0.05) is 29.4 Å². The molecule has 0 unspecified atom stereocenters. The molecule has 0 bridgehead atoms. The molecule has 2 aromatic heterocycles. The number of hydrogen-bond donors (Lipinski definition) is 0. The molecule has 4 rings (SSSR count). The van der Waals surface area contributed by atoms with E-state index in [4.69, 9.17) is 4.74 Å². The number of rotatable bonds is 5. The Hall–Kier alpha value is -3.43. The number of carbonyl (C=O) groups excluding carboxylic acids is 1. The Bertz CT molecular complexity index is 1100. The van der Waals surface area contributed by atoms with Gasteiger partial charge in [0.1, 0.15) is 6.61 Å². The lowest BCUT2D eigenvalue weighted by Crippen LogP contribution is -2.26. The van der Waals surface area contributed by atoms with Crippen molar-refractivity contribution in [1.29, 1.82) is 0 Å². The van der Waals surface area contributed by atoms with E-state index in [-0.39, 0.29) is 19.0 Å². The van der Waals surface area contributed by atoms with Gasteiger partial charge in [0.25, 0.3) is 0 Å². The molecule has 7 nitrogen and oxygen atoms in total. The summed E-state index contributed by atoms with van der Waals surface area (Å²) in [5, 5.41) is 3.36. The lowest BCUT2D eigenvalue weighted by atomic mass is 9.95. The van der Waals surface area contributed by atoms with E-state index in [0.717, 1.165) is 42.5 Å². The van der Waals surface area contributed by atoms with E-state index in [1.54, 1.807) is 37.5 Å². The minimum Gasteiger partial charge on any atom is -0.444 e. The van der Waals surface area contributed by atoms with E-state index in [1.807, 2.05) is 0 Å². The number of fused-ring (bicyclic) bond motifs is 1. The molecule has 2 heterocycles. The standard InChI is InChI=1S/C22H21F3N4O3/c1-29(21(30)31-13-15-10-17-4-2-3-5-18(17)26-11-15)12-14-6-8-16(9-7-14)19-27-20(32-28-19)22(23,24)25/h6-11H,2-5,12-13H2,1H3. The van der Waals surface area contributed by atoms with Crippen molar-refractivity contribution < 1.29 is 27.2 Å². The highest BCUT2D eigenvalue weighted by Crippen LogP contribution is 2.29. The van der Waals surface area contributed by atoms with Gasteiger partial charge in [-0.25, -0.2) is 4.79 Å². The number of nitrogens with zero attached hydrogens (tertiary/aromatic N) is 4. The maximum atomic E-state index is 12.6. The zero-order chi connectivity index (χ0) is 22.7. The molecule has 0 saturated heterocycles. The van der Waals surface area contributed by atoms with Crippen molar-refractivity contribution in [1.82, 2.24) is 20.0 Å². The van der Waals surface area contributed by atoms with E-state index < -0.39 is 18.2 Å². The highest BCUT2D eigenvalue weighted by molar-refractivity contribution is 5.67. The van der Waals surface area contributed by atoms with Crippen LogP contribution in [0.3, 0.4) is 0 Å². The summed E-state index contributed by atoms with van der Waals surface area (Å²) in [6, 6.07) is 8.54. The molecule has 168 valence electrons. The van der Waals surface area contributed by atoms with E-state index >= 15 is 0 Å². The highest BCUT2D eigenvalue weighted by Gasteiger charge is 2.38. The average molecular weight is 446 g/mol.